The number of methoxy groups -OCH3 is 1. The number of hydrogen-bond donors (Lipinski definition) is 2. The first-order valence-electron chi connectivity index (χ1n) is 11.3. The van der Waals surface area contributed by atoms with Crippen molar-refractivity contribution in [2.45, 2.75) is 6.10 Å². The van der Waals surface area contributed by atoms with Gasteiger partial charge in [-0.25, -0.2) is 4.52 Å². The first kappa shape index (κ1) is 22.8. The van der Waals surface area contributed by atoms with E-state index in [4.69, 9.17) is 4.74 Å². The lowest BCUT2D eigenvalue weighted by molar-refractivity contribution is -0.126. The van der Waals surface area contributed by atoms with Crippen molar-refractivity contribution < 1.29 is 9.53 Å². The van der Waals surface area contributed by atoms with Gasteiger partial charge in [0, 0.05) is 24.6 Å². The first-order valence-corrected chi connectivity index (χ1v) is 11.3. The van der Waals surface area contributed by atoms with Crippen LogP contribution >= 0.6 is 0 Å². The molecule has 5 rings (SSSR count). The van der Waals surface area contributed by atoms with E-state index in [2.05, 4.69) is 26.8 Å². The molecular weight excluding hydrogens is 452 g/mol. The lowest BCUT2D eigenvalue weighted by Gasteiger charge is -2.16. The van der Waals surface area contributed by atoms with Crippen molar-refractivity contribution in [3.8, 4) is 17.2 Å². The van der Waals surface area contributed by atoms with Gasteiger partial charge in [-0.15, -0.1) is 5.10 Å². The zero-order chi connectivity index (χ0) is 24.9. The van der Waals surface area contributed by atoms with E-state index < -0.39 is 6.10 Å². The van der Waals surface area contributed by atoms with Crippen LogP contribution in [0.25, 0.3) is 16.8 Å². The van der Waals surface area contributed by atoms with E-state index in [1.54, 1.807) is 10.6 Å². The Kier molecular flexibility index (Phi) is 6.38. The van der Waals surface area contributed by atoms with Gasteiger partial charge in [-0.05, 0) is 47.5 Å². The van der Waals surface area contributed by atoms with Crippen LogP contribution in [0, 0.1) is 11.3 Å². The van der Waals surface area contributed by atoms with Crippen LogP contribution in [-0.4, -0.2) is 27.6 Å². The van der Waals surface area contributed by atoms with Gasteiger partial charge in [-0.1, -0.05) is 54.6 Å². The fourth-order valence-corrected chi connectivity index (χ4v) is 3.89. The number of hydrogen-bond acceptors (Lipinski definition) is 6. The van der Waals surface area contributed by atoms with Crippen molar-refractivity contribution in [1.29, 1.82) is 5.26 Å². The number of carbonyl (C=O) groups excluding carboxylic acids is 1. The number of rotatable bonds is 7. The predicted octanol–water partition coefficient (Wildman–Crippen LogP) is 5.34. The third kappa shape index (κ3) is 4.78. The quantitative estimate of drug-likeness (QED) is 0.330. The minimum absolute atomic E-state index is 0.238. The number of benzene rings is 3. The molecule has 0 aliphatic rings. The number of nitrogens with one attached hydrogen (secondary N) is 2. The zero-order valence-corrected chi connectivity index (χ0v) is 19.4. The third-order valence-electron chi connectivity index (χ3n) is 5.69. The van der Waals surface area contributed by atoms with Crippen LogP contribution in [0.15, 0.2) is 97.2 Å². The summed E-state index contributed by atoms with van der Waals surface area (Å²) in [7, 11) is 1.52. The highest BCUT2D eigenvalue weighted by Gasteiger charge is 2.19. The van der Waals surface area contributed by atoms with Gasteiger partial charge in [0.15, 0.2) is 11.8 Å². The number of anilines is 3. The Morgan fingerprint density at radius 1 is 0.944 bits per heavy atom. The maximum atomic E-state index is 12.7. The van der Waals surface area contributed by atoms with Crippen molar-refractivity contribution in [2.75, 3.05) is 17.7 Å². The summed E-state index contributed by atoms with van der Waals surface area (Å²) >= 11 is 0. The lowest BCUT2D eigenvalue weighted by atomic mass is 10.1. The third-order valence-corrected chi connectivity index (χ3v) is 5.69. The molecule has 3 aromatic carbocycles. The molecule has 0 aliphatic carbocycles. The molecule has 176 valence electrons. The maximum Gasteiger partial charge on any atom is 0.258 e. The van der Waals surface area contributed by atoms with Gasteiger partial charge in [-0.2, -0.15) is 10.2 Å². The summed E-state index contributed by atoms with van der Waals surface area (Å²) in [5.74, 6) is 0.164. The molecular formula is C28H22N6O2. The van der Waals surface area contributed by atoms with Crippen LogP contribution in [-0.2, 0) is 9.53 Å². The summed E-state index contributed by atoms with van der Waals surface area (Å²) in [5.41, 5.74) is 5.20. The normalized spacial score (nSPS) is 11.6. The molecule has 0 saturated heterocycles. The first-order chi connectivity index (χ1) is 17.6. The molecule has 0 aliphatic heterocycles. The Hall–Kier alpha value is -5.00. The Balaban J connectivity index is 1.32. The van der Waals surface area contributed by atoms with Crippen molar-refractivity contribution in [3.63, 3.8) is 0 Å². The highest BCUT2D eigenvalue weighted by atomic mass is 16.5. The maximum absolute atomic E-state index is 12.7. The predicted molar refractivity (Wildman–Crippen MR) is 138 cm³/mol. The Morgan fingerprint density at radius 2 is 1.67 bits per heavy atom. The topological polar surface area (TPSA) is 104 Å². The molecule has 5 aromatic rings. The van der Waals surface area contributed by atoms with Gasteiger partial charge in [0.25, 0.3) is 5.91 Å². The number of fused-ring (bicyclic) bond motifs is 1. The van der Waals surface area contributed by atoms with Crippen LogP contribution < -0.4 is 10.6 Å². The molecule has 0 spiro atoms. The Morgan fingerprint density at radius 3 is 2.42 bits per heavy atom. The molecule has 0 saturated carbocycles. The lowest BCUT2D eigenvalue weighted by Crippen LogP contribution is -2.22. The summed E-state index contributed by atoms with van der Waals surface area (Å²) in [6, 6.07) is 30.1. The molecule has 36 heavy (non-hydrogen) atoms. The number of para-hydroxylation sites is 1. The number of aromatic nitrogens is 3. The van der Waals surface area contributed by atoms with Crippen LogP contribution in [0.2, 0.25) is 0 Å². The molecule has 2 N–H and O–H groups in total. The molecule has 2 aromatic heterocycles. The van der Waals surface area contributed by atoms with E-state index in [1.165, 1.54) is 7.11 Å². The number of pyridine rings is 1. The largest absolute Gasteiger partial charge is 0.367 e. The summed E-state index contributed by atoms with van der Waals surface area (Å²) in [6.45, 7) is 0. The summed E-state index contributed by atoms with van der Waals surface area (Å²) < 4.78 is 7.09. The second-order valence-corrected chi connectivity index (χ2v) is 8.03. The summed E-state index contributed by atoms with van der Waals surface area (Å²) in [4.78, 5) is 17.2. The van der Waals surface area contributed by atoms with Crippen molar-refractivity contribution in [1.82, 2.24) is 14.6 Å². The molecule has 2 heterocycles. The number of carbonyl (C=O) groups is 1. The SMILES string of the molecule is COC(C(=O)Nc1ccc(-c2ccc3nc(Nc4ccccc4C#N)nn3c2)cc1)c1ccccc1. The highest BCUT2D eigenvalue weighted by molar-refractivity contribution is 5.95. The molecule has 0 radical (unpaired) electrons. The van der Waals surface area contributed by atoms with Gasteiger partial charge >= 0.3 is 0 Å². The van der Waals surface area contributed by atoms with E-state index in [9.17, 15) is 10.1 Å². The molecule has 1 atom stereocenters. The smallest absolute Gasteiger partial charge is 0.258 e. The zero-order valence-electron chi connectivity index (χ0n) is 19.4. The van der Waals surface area contributed by atoms with Crippen molar-refractivity contribution in [2.24, 2.45) is 0 Å². The number of nitriles is 1. The number of amides is 1. The van der Waals surface area contributed by atoms with E-state index in [1.807, 2.05) is 91.1 Å². The minimum atomic E-state index is -0.691. The standard InChI is InChI=1S/C28H22N6O2/c1-36-26(20-7-3-2-4-8-20)27(35)30-23-14-11-19(12-15-23)22-13-16-25-32-28(33-34(25)18-22)31-24-10-6-5-9-21(24)17-29/h2-16,18,26H,1H3,(H,30,35)(H,31,33). The van der Waals surface area contributed by atoms with Gasteiger partial charge < -0.3 is 15.4 Å². The fourth-order valence-electron chi connectivity index (χ4n) is 3.89. The van der Waals surface area contributed by atoms with E-state index in [0.29, 0.717) is 28.5 Å². The highest BCUT2D eigenvalue weighted by Crippen LogP contribution is 2.25. The van der Waals surface area contributed by atoms with Crippen LogP contribution in [0.4, 0.5) is 17.3 Å². The Bertz CT molecular complexity index is 1560. The van der Waals surface area contributed by atoms with Crippen LogP contribution in [0.1, 0.15) is 17.2 Å². The number of nitrogens with zero attached hydrogens (tertiary/aromatic N) is 4. The van der Waals surface area contributed by atoms with E-state index in [0.717, 1.165) is 16.7 Å². The monoisotopic (exact) mass is 474 g/mol. The minimum Gasteiger partial charge on any atom is -0.367 e. The second-order valence-electron chi connectivity index (χ2n) is 8.03. The summed E-state index contributed by atoms with van der Waals surface area (Å²) in [6.07, 6.45) is 1.19. The van der Waals surface area contributed by atoms with E-state index in [-0.39, 0.29) is 5.91 Å². The molecule has 8 heteroatoms. The summed E-state index contributed by atoms with van der Waals surface area (Å²) in [5, 5.41) is 19.8. The number of ether oxygens (including phenoxy) is 1. The molecule has 0 bridgehead atoms. The van der Waals surface area contributed by atoms with Gasteiger partial charge in [-0.3, -0.25) is 4.79 Å². The average molecular weight is 475 g/mol. The van der Waals surface area contributed by atoms with Crippen molar-refractivity contribution in [3.05, 3.63) is 108 Å². The molecule has 8 nitrogen and oxygen atoms in total. The van der Waals surface area contributed by atoms with E-state index >= 15 is 0 Å². The molecule has 0 fully saturated rings. The van der Waals surface area contributed by atoms with Gasteiger partial charge in [0.2, 0.25) is 5.95 Å². The second kappa shape index (κ2) is 10.1. The van der Waals surface area contributed by atoms with Crippen molar-refractivity contribution >= 4 is 28.9 Å². The van der Waals surface area contributed by atoms with Crippen LogP contribution in [0.3, 0.4) is 0 Å². The van der Waals surface area contributed by atoms with Crippen LogP contribution in [0.5, 0.6) is 0 Å². The molecule has 1 unspecified atom stereocenters. The van der Waals surface area contributed by atoms with Gasteiger partial charge in [0.05, 0.1) is 11.3 Å². The fraction of sp³-hybridized carbons (Fsp3) is 0.0714. The Labute approximate surface area is 207 Å². The van der Waals surface area contributed by atoms with Gasteiger partial charge in [0.1, 0.15) is 6.07 Å². The average Bonchev–Trinajstić information content (AvgIpc) is 3.32. The molecule has 1 amide bonds.